The summed E-state index contributed by atoms with van der Waals surface area (Å²) in [7, 11) is 0. The summed E-state index contributed by atoms with van der Waals surface area (Å²) < 4.78 is 5.27. The van der Waals surface area contributed by atoms with Crippen LogP contribution in [0.1, 0.15) is 62.4 Å². The summed E-state index contributed by atoms with van der Waals surface area (Å²) in [6.07, 6.45) is 0.362. The molecule has 2 atom stereocenters. The van der Waals surface area contributed by atoms with Crippen molar-refractivity contribution in [2.24, 2.45) is 0 Å². The number of piperazine rings is 1. The molecule has 1 aliphatic rings. The van der Waals surface area contributed by atoms with E-state index in [9.17, 15) is 14.4 Å². The fourth-order valence-corrected chi connectivity index (χ4v) is 2.85. The van der Waals surface area contributed by atoms with Gasteiger partial charge in [-0.25, -0.2) is 0 Å². The zero-order chi connectivity index (χ0) is 19.3. The highest BCUT2D eigenvalue weighted by molar-refractivity contribution is 5.99. The van der Waals surface area contributed by atoms with Crippen molar-refractivity contribution in [1.82, 2.24) is 10.2 Å². The van der Waals surface area contributed by atoms with Gasteiger partial charge in [-0.3, -0.25) is 14.4 Å². The summed E-state index contributed by atoms with van der Waals surface area (Å²) in [5.41, 5.74) is 1.66. The Morgan fingerprint density at radius 1 is 1.23 bits per heavy atom. The van der Waals surface area contributed by atoms with Gasteiger partial charge in [-0.05, 0) is 37.0 Å². The summed E-state index contributed by atoms with van der Waals surface area (Å²) in [6, 6.07) is 6.57. The van der Waals surface area contributed by atoms with E-state index in [2.05, 4.69) is 19.2 Å². The molecular formula is C20H28N2O4. The van der Waals surface area contributed by atoms with Gasteiger partial charge in [0.2, 0.25) is 5.91 Å². The normalized spacial score (nSPS) is 18.4. The van der Waals surface area contributed by atoms with Crippen molar-refractivity contribution in [1.29, 1.82) is 0 Å². The molecule has 6 heteroatoms. The van der Waals surface area contributed by atoms with E-state index >= 15 is 0 Å². The van der Waals surface area contributed by atoms with Crippen LogP contribution in [0, 0.1) is 0 Å². The zero-order valence-corrected chi connectivity index (χ0v) is 16.0. The number of carbonyl (C=O) groups excluding carboxylic acids is 3. The lowest BCUT2D eigenvalue weighted by Crippen LogP contribution is -2.57. The van der Waals surface area contributed by atoms with Crippen LogP contribution < -0.4 is 5.32 Å². The van der Waals surface area contributed by atoms with Gasteiger partial charge >= 0.3 is 5.97 Å². The summed E-state index contributed by atoms with van der Waals surface area (Å²) in [6.45, 7) is 8.65. The molecule has 1 aliphatic heterocycles. The third kappa shape index (κ3) is 4.84. The quantitative estimate of drug-likeness (QED) is 0.791. The highest BCUT2D eigenvalue weighted by Gasteiger charge is 2.35. The van der Waals surface area contributed by atoms with Gasteiger partial charge in [0.25, 0.3) is 5.91 Å². The van der Waals surface area contributed by atoms with E-state index in [1.54, 1.807) is 19.1 Å². The minimum absolute atomic E-state index is 0.133. The summed E-state index contributed by atoms with van der Waals surface area (Å²) in [5.74, 6) is -0.640. The van der Waals surface area contributed by atoms with Gasteiger partial charge < -0.3 is 15.0 Å². The standard InChI is InChI=1S/C20H28N2O4/c1-5-14(4)26-18(23)12-17-19(24)21-10-11-22(17)20(25)16-8-6-15(7-9-16)13(2)3/h6-9,13-14,17H,5,10-12H2,1-4H3,(H,21,24). The molecule has 0 saturated carbocycles. The van der Waals surface area contributed by atoms with Crippen LogP contribution in [-0.4, -0.2) is 47.9 Å². The highest BCUT2D eigenvalue weighted by Crippen LogP contribution is 2.18. The molecule has 1 N–H and O–H groups in total. The maximum atomic E-state index is 12.9. The van der Waals surface area contributed by atoms with E-state index in [-0.39, 0.29) is 24.3 Å². The Balaban J connectivity index is 2.14. The molecule has 2 unspecified atom stereocenters. The first kappa shape index (κ1) is 19.9. The molecule has 0 aromatic heterocycles. The molecule has 6 nitrogen and oxygen atoms in total. The van der Waals surface area contributed by atoms with E-state index in [1.807, 2.05) is 19.1 Å². The fourth-order valence-electron chi connectivity index (χ4n) is 2.85. The number of nitrogens with one attached hydrogen (secondary N) is 1. The SMILES string of the molecule is CCC(C)OC(=O)CC1C(=O)NCCN1C(=O)c1ccc(C(C)C)cc1. The fraction of sp³-hybridized carbons (Fsp3) is 0.550. The Morgan fingerprint density at radius 2 is 1.88 bits per heavy atom. The monoisotopic (exact) mass is 360 g/mol. The minimum Gasteiger partial charge on any atom is -0.463 e. The Kier molecular flexibility index (Phi) is 6.77. The molecule has 1 aromatic rings. The largest absolute Gasteiger partial charge is 0.463 e. The Bertz CT molecular complexity index is 654. The van der Waals surface area contributed by atoms with Crippen molar-refractivity contribution >= 4 is 17.8 Å². The number of hydrogen-bond donors (Lipinski definition) is 1. The van der Waals surface area contributed by atoms with Crippen LogP contribution in [0.2, 0.25) is 0 Å². The number of benzene rings is 1. The van der Waals surface area contributed by atoms with Gasteiger partial charge in [-0.2, -0.15) is 0 Å². The number of nitrogens with zero attached hydrogens (tertiary/aromatic N) is 1. The lowest BCUT2D eigenvalue weighted by atomic mass is 10.0. The van der Waals surface area contributed by atoms with E-state index in [0.717, 1.165) is 5.56 Å². The number of hydrogen-bond acceptors (Lipinski definition) is 4. The summed E-state index contributed by atoms with van der Waals surface area (Å²) >= 11 is 0. The number of esters is 1. The zero-order valence-electron chi connectivity index (χ0n) is 16.0. The van der Waals surface area contributed by atoms with E-state index < -0.39 is 12.0 Å². The maximum Gasteiger partial charge on any atom is 0.308 e. The molecule has 2 rings (SSSR count). The second-order valence-electron chi connectivity index (χ2n) is 6.99. The predicted molar refractivity (Wildman–Crippen MR) is 98.8 cm³/mol. The average Bonchev–Trinajstić information content (AvgIpc) is 2.62. The predicted octanol–water partition coefficient (Wildman–Crippen LogP) is 2.48. The first-order chi connectivity index (χ1) is 12.3. The highest BCUT2D eigenvalue weighted by atomic mass is 16.5. The molecule has 1 heterocycles. The van der Waals surface area contributed by atoms with Gasteiger partial charge in [0, 0.05) is 18.7 Å². The van der Waals surface area contributed by atoms with Crippen molar-refractivity contribution < 1.29 is 19.1 Å². The second-order valence-corrected chi connectivity index (χ2v) is 6.99. The smallest absolute Gasteiger partial charge is 0.308 e. The van der Waals surface area contributed by atoms with Crippen molar-refractivity contribution in [3.8, 4) is 0 Å². The van der Waals surface area contributed by atoms with Crippen molar-refractivity contribution in [2.75, 3.05) is 13.1 Å². The molecule has 142 valence electrons. The van der Waals surface area contributed by atoms with Crippen LogP contribution in [0.5, 0.6) is 0 Å². The van der Waals surface area contributed by atoms with Crippen LogP contribution in [0.25, 0.3) is 0 Å². The van der Waals surface area contributed by atoms with Crippen LogP contribution in [-0.2, 0) is 14.3 Å². The first-order valence-electron chi connectivity index (χ1n) is 9.21. The number of amides is 2. The number of ether oxygens (including phenoxy) is 1. The Morgan fingerprint density at radius 3 is 2.46 bits per heavy atom. The maximum absolute atomic E-state index is 12.9. The average molecular weight is 360 g/mol. The molecular weight excluding hydrogens is 332 g/mol. The van der Waals surface area contributed by atoms with Gasteiger partial charge in [0.15, 0.2) is 0 Å². The van der Waals surface area contributed by atoms with Crippen LogP contribution >= 0.6 is 0 Å². The minimum atomic E-state index is -0.836. The summed E-state index contributed by atoms with van der Waals surface area (Å²) in [5, 5.41) is 2.72. The second kappa shape index (κ2) is 8.83. The van der Waals surface area contributed by atoms with E-state index in [0.29, 0.717) is 31.0 Å². The van der Waals surface area contributed by atoms with Crippen LogP contribution in [0.4, 0.5) is 0 Å². The van der Waals surface area contributed by atoms with Crippen molar-refractivity contribution in [3.63, 3.8) is 0 Å². The van der Waals surface area contributed by atoms with Crippen LogP contribution in [0.3, 0.4) is 0 Å². The lowest BCUT2D eigenvalue weighted by Gasteiger charge is -2.34. The van der Waals surface area contributed by atoms with Gasteiger partial charge in [0.1, 0.15) is 6.04 Å². The third-order valence-electron chi connectivity index (χ3n) is 4.68. The van der Waals surface area contributed by atoms with E-state index in [1.165, 1.54) is 4.90 Å². The third-order valence-corrected chi connectivity index (χ3v) is 4.68. The van der Waals surface area contributed by atoms with Gasteiger partial charge in [0.05, 0.1) is 12.5 Å². The molecule has 26 heavy (non-hydrogen) atoms. The molecule has 0 spiro atoms. The summed E-state index contributed by atoms with van der Waals surface area (Å²) in [4.78, 5) is 38.7. The molecule has 2 amide bonds. The number of carbonyl (C=O) groups is 3. The van der Waals surface area contributed by atoms with Gasteiger partial charge in [-0.1, -0.05) is 32.9 Å². The van der Waals surface area contributed by atoms with Crippen molar-refractivity contribution in [3.05, 3.63) is 35.4 Å². The van der Waals surface area contributed by atoms with Crippen LogP contribution in [0.15, 0.2) is 24.3 Å². The Hall–Kier alpha value is -2.37. The lowest BCUT2D eigenvalue weighted by molar-refractivity contribution is -0.151. The van der Waals surface area contributed by atoms with E-state index in [4.69, 9.17) is 4.74 Å². The van der Waals surface area contributed by atoms with Crippen molar-refractivity contribution in [2.45, 2.75) is 58.6 Å². The first-order valence-corrected chi connectivity index (χ1v) is 9.21. The molecule has 0 aliphatic carbocycles. The molecule has 1 saturated heterocycles. The molecule has 0 bridgehead atoms. The van der Waals surface area contributed by atoms with Gasteiger partial charge in [-0.15, -0.1) is 0 Å². The number of rotatable bonds is 6. The molecule has 0 radical (unpaired) electrons. The molecule has 1 fully saturated rings. The Labute approximate surface area is 154 Å². The molecule has 1 aromatic carbocycles. The topological polar surface area (TPSA) is 75.7 Å².